The van der Waals surface area contributed by atoms with Gasteiger partial charge >= 0.3 is 12.2 Å². The maximum atomic E-state index is 13.6. The van der Waals surface area contributed by atoms with Crippen molar-refractivity contribution in [1.82, 2.24) is 4.90 Å². The summed E-state index contributed by atoms with van der Waals surface area (Å²) < 4.78 is 66.1. The minimum atomic E-state index is -4.60. The van der Waals surface area contributed by atoms with Crippen molar-refractivity contribution in [1.29, 1.82) is 0 Å². The maximum Gasteiger partial charge on any atom is 0.416 e. The molecule has 0 aliphatic carbocycles. The van der Waals surface area contributed by atoms with Gasteiger partial charge in [0.1, 0.15) is 0 Å². The van der Waals surface area contributed by atoms with Gasteiger partial charge in [0.25, 0.3) is 5.91 Å². The van der Waals surface area contributed by atoms with Crippen molar-refractivity contribution in [2.24, 2.45) is 0 Å². The molecule has 4 rings (SSSR count). The second kappa shape index (κ2) is 9.96. The first-order valence-corrected chi connectivity index (χ1v) is 11.1. The van der Waals surface area contributed by atoms with E-state index in [4.69, 9.17) is 0 Å². The van der Waals surface area contributed by atoms with Crippen LogP contribution in [0.1, 0.15) is 33.5 Å². The van der Waals surface area contributed by atoms with Crippen molar-refractivity contribution in [2.45, 2.75) is 26.1 Å². The van der Waals surface area contributed by atoms with E-state index < -0.39 is 35.3 Å². The lowest BCUT2D eigenvalue weighted by Gasteiger charge is -2.36. The van der Waals surface area contributed by atoms with Crippen molar-refractivity contribution >= 4 is 23.3 Å². The number of hydrogen-bond acceptors (Lipinski definition) is 2. The minimum absolute atomic E-state index is 0.0598. The third kappa shape index (κ3) is 5.48. The summed E-state index contributed by atoms with van der Waals surface area (Å²) in [4.78, 5) is 29.0. The van der Waals surface area contributed by atoms with Gasteiger partial charge in [0.05, 0.1) is 16.9 Å². The number of carbonyl (C=O) groups excluding carboxylic acids is 2. The van der Waals surface area contributed by atoms with E-state index in [1.165, 1.54) is 21.9 Å². The number of hydrogen-bond donors (Lipinski definition) is 1. The highest BCUT2D eigenvalue weighted by Gasteiger charge is 2.32. The SMILES string of the molecule is Cc1ccc(N2CCCN(Cc3ccc(F)c(F)c3)C2=O)c(NC(=O)c2cccc(C(F)(F)F)c2)c1. The highest BCUT2D eigenvalue weighted by molar-refractivity contribution is 6.07. The fourth-order valence-corrected chi connectivity index (χ4v) is 4.03. The lowest BCUT2D eigenvalue weighted by atomic mass is 10.1. The molecule has 3 aromatic rings. The largest absolute Gasteiger partial charge is 0.416 e. The Morgan fingerprint density at radius 3 is 2.47 bits per heavy atom. The molecule has 188 valence electrons. The number of alkyl halides is 3. The Morgan fingerprint density at radius 2 is 1.75 bits per heavy atom. The molecule has 0 bridgehead atoms. The summed E-state index contributed by atoms with van der Waals surface area (Å²) >= 11 is 0. The van der Waals surface area contributed by atoms with Crippen molar-refractivity contribution in [3.05, 3.63) is 94.6 Å². The summed E-state index contributed by atoms with van der Waals surface area (Å²) in [7, 11) is 0. The number of halogens is 5. The molecule has 0 aromatic heterocycles. The smallest absolute Gasteiger partial charge is 0.320 e. The zero-order chi connectivity index (χ0) is 26.0. The van der Waals surface area contributed by atoms with Crippen LogP contribution in [-0.4, -0.2) is 29.9 Å². The van der Waals surface area contributed by atoms with Gasteiger partial charge < -0.3 is 10.2 Å². The van der Waals surface area contributed by atoms with Crippen LogP contribution in [-0.2, 0) is 12.7 Å². The van der Waals surface area contributed by atoms with Crippen LogP contribution >= 0.6 is 0 Å². The summed E-state index contributed by atoms with van der Waals surface area (Å²) in [5, 5.41) is 2.63. The molecule has 0 radical (unpaired) electrons. The molecule has 1 saturated heterocycles. The van der Waals surface area contributed by atoms with E-state index in [0.717, 1.165) is 35.9 Å². The predicted molar refractivity (Wildman–Crippen MR) is 125 cm³/mol. The van der Waals surface area contributed by atoms with Gasteiger partial charge in [-0.25, -0.2) is 13.6 Å². The number of nitrogens with zero attached hydrogens (tertiary/aromatic N) is 2. The van der Waals surface area contributed by atoms with Crippen LogP contribution in [0.15, 0.2) is 60.7 Å². The molecule has 5 nitrogen and oxygen atoms in total. The van der Waals surface area contributed by atoms with Gasteiger partial charge in [0, 0.05) is 25.2 Å². The molecule has 1 heterocycles. The second-order valence-corrected chi connectivity index (χ2v) is 8.51. The Kier molecular flexibility index (Phi) is 6.96. The first kappa shape index (κ1) is 25.2. The summed E-state index contributed by atoms with van der Waals surface area (Å²) in [6.07, 6.45) is -4.02. The molecule has 0 atom stereocenters. The number of urea groups is 1. The average Bonchev–Trinajstić information content (AvgIpc) is 2.83. The van der Waals surface area contributed by atoms with Gasteiger partial charge in [0.2, 0.25) is 0 Å². The number of nitrogens with one attached hydrogen (secondary N) is 1. The van der Waals surface area contributed by atoms with Crippen LogP contribution in [0, 0.1) is 18.6 Å². The van der Waals surface area contributed by atoms with Crippen LogP contribution in [0.25, 0.3) is 0 Å². The molecular formula is C26H22F5N3O2. The lowest BCUT2D eigenvalue weighted by molar-refractivity contribution is -0.137. The van der Waals surface area contributed by atoms with Crippen molar-refractivity contribution < 1.29 is 31.5 Å². The van der Waals surface area contributed by atoms with Gasteiger partial charge in [-0.15, -0.1) is 0 Å². The molecule has 3 aromatic carbocycles. The molecule has 0 unspecified atom stereocenters. The zero-order valence-corrected chi connectivity index (χ0v) is 19.2. The molecule has 1 aliphatic rings. The molecule has 10 heteroatoms. The molecule has 36 heavy (non-hydrogen) atoms. The summed E-state index contributed by atoms with van der Waals surface area (Å²) in [6.45, 7) is 2.57. The van der Waals surface area contributed by atoms with E-state index in [1.807, 2.05) is 0 Å². The highest BCUT2D eigenvalue weighted by Crippen LogP contribution is 2.32. The van der Waals surface area contributed by atoms with E-state index in [9.17, 15) is 31.5 Å². The van der Waals surface area contributed by atoms with Crippen molar-refractivity contribution in [2.75, 3.05) is 23.3 Å². The predicted octanol–water partition coefficient (Wildman–Crippen LogP) is 6.38. The van der Waals surface area contributed by atoms with Gasteiger partial charge in [-0.2, -0.15) is 13.2 Å². The normalized spacial score (nSPS) is 14.2. The zero-order valence-electron chi connectivity index (χ0n) is 19.2. The van der Waals surface area contributed by atoms with Crippen LogP contribution in [0.3, 0.4) is 0 Å². The summed E-state index contributed by atoms with van der Waals surface area (Å²) in [6, 6.07) is 12.1. The topological polar surface area (TPSA) is 52.6 Å². The van der Waals surface area contributed by atoms with Crippen molar-refractivity contribution in [3.8, 4) is 0 Å². The number of anilines is 2. The second-order valence-electron chi connectivity index (χ2n) is 8.51. The Bertz CT molecular complexity index is 1310. The van der Waals surface area contributed by atoms with E-state index in [1.54, 1.807) is 25.1 Å². The number of carbonyl (C=O) groups is 2. The van der Waals surface area contributed by atoms with Crippen molar-refractivity contribution in [3.63, 3.8) is 0 Å². The van der Waals surface area contributed by atoms with Gasteiger partial charge in [-0.1, -0.05) is 18.2 Å². The number of aryl methyl sites for hydroxylation is 1. The third-order valence-corrected chi connectivity index (χ3v) is 5.81. The van der Waals surface area contributed by atoms with E-state index in [2.05, 4.69) is 5.32 Å². The molecule has 0 saturated carbocycles. The van der Waals surface area contributed by atoms with Gasteiger partial charge in [0.15, 0.2) is 11.6 Å². The average molecular weight is 503 g/mol. The Morgan fingerprint density at radius 1 is 0.972 bits per heavy atom. The highest BCUT2D eigenvalue weighted by atomic mass is 19.4. The Balaban J connectivity index is 1.58. The van der Waals surface area contributed by atoms with Crippen LogP contribution in [0.5, 0.6) is 0 Å². The standard InChI is InChI=1S/C26H22F5N3O2/c1-16-6-9-23(22(12-16)32-24(35)18-4-2-5-19(14-18)26(29,30)31)34-11-3-10-33(25(34)36)15-17-7-8-20(27)21(28)13-17/h2,4-9,12-14H,3,10-11,15H2,1H3,(H,32,35). The number of benzene rings is 3. The Hall–Kier alpha value is -3.95. The van der Waals surface area contributed by atoms with E-state index >= 15 is 0 Å². The summed E-state index contributed by atoms with van der Waals surface area (Å²) in [5.74, 6) is -2.74. The van der Waals surface area contributed by atoms with Crippen LogP contribution < -0.4 is 10.2 Å². The molecule has 3 amide bonds. The molecule has 1 aliphatic heterocycles. The Labute approximate surface area is 204 Å². The molecule has 1 N–H and O–H groups in total. The first-order valence-electron chi connectivity index (χ1n) is 11.1. The summed E-state index contributed by atoms with van der Waals surface area (Å²) in [5.41, 5.74) is 0.703. The molecule has 0 spiro atoms. The quantitative estimate of drug-likeness (QED) is 0.411. The molecular weight excluding hydrogens is 481 g/mol. The van der Waals surface area contributed by atoms with Crippen LogP contribution in [0.4, 0.5) is 38.1 Å². The monoisotopic (exact) mass is 503 g/mol. The van der Waals surface area contributed by atoms with E-state index in [-0.39, 0.29) is 17.8 Å². The van der Waals surface area contributed by atoms with E-state index in [0.29, 0.717) is 30.8 Å². The fourth-order valence-electron chi connectivity index (χ4n) is 4.03. The number of rotatable bonds is 5. The van der Waals surface area contributed by atoms with Crippen LogP contribution in [0.2, 0.25) is 0 Å². The molecule has 1 fully saturated rings. The van der Waals surface area contributed by atoms with Gasteiger partial charge in [-0.05, 0) is 66.9 Å². The maximum absolute atomic E-state index is 13.6. The third-order valence-electron chi connectivity index (χ3n) is 5.81. The van der Waals surface area contributed by atoms with Gasteiger partial charge in [-0.3, -0.25) is 9.69 Å². The lowest BCUT2D eigenvalue weighted by Crippen LogP contribution is -2.49. The fraction of sp³-hybridized carbons (Fsp3) is 0.231. The number of amides is 3. The minimum Gasteiger partial charge on any atom is -0.320 e. The first-order chi connectivity index (χ1) is 17.0.